The molecule has 0 spiro atoms. The van der Waals surface area contributed by atoms with Crippen molar-refractivity contribution in [2.45, 2.75) is 26.7 Å². The number of carbonyl (C=O) groups is 2. The Hall–Kier alpha value is -2.41. The number of aromatic nitrogens is 1. The van der Waals surface area contributed by atoms with Gasteiger partial charge in [-0.25, -0.2) is 9.78 Å². The summed E-state index contributed by atoms with van der Waals surface area (Å²) >= 11 is 1.62. The standard InChI is InChI=1S/C19H23N3O3S/c1-3-25-19(24)22-10-4-5-15(11-22)18(23)21-16-8-6-14(7-9-16)17-12-26-13(2)20-17/h6-9,12,15H,3-5,10-11H2,1-2H3,(H,21,23). The number of anilines is 1. The second kappa shape index (κ2) is 8.31. The van der Waals surface area contributed by atoms with Gasteiger partial charge in [-0.15, -0.1) is 11.3 Å². The Labute approximate surface area is 157 Å². The van der Waals surface area contributed by atoms with Gasteiger partial charge in [0.15, 0.2) is 0 Å². The van der Waals surface area contributed by atoms with E-state index in [1.165, 1.54) is 0 Å². The Bertz CT molecular complexity index is 773. The molecule has 1 aliphatic heterocycles. The molecule has 1 aliphatic rings. The summed E-state index contributed by atoms with van der Waals surface area (Å²) in [6, 6.07) is 7.67. The number of nitrogens with zero attached hydrogens (tertiary/aromatic N) is 2. The van der Waals surface area contributed by atoms with Crippen LogP contribution in [-0.4, -0.2) is 41.6 Å². The van der Waals surface area contributed by atoms with Crippen LogP contribution in [0, 0.1) is 12.8 Å². The van der Waals surface area contributed by atoms with Crippen LogP contribution < -0.4 is 5.32 Å². The molecule has 3 rings (SSSR count). The normalized spacial score (nSPS) is 17.0. The Balaban J connectivity index is 1.59. The van der Waals surface area contributed by atoms with E-state index >= 15 is 0 Å². The third kappa shape index (κ3) is 4.40. The number of benzene rings is 1. The summed E-state index contributed by atoms with van der Waals surface area (Å²) in [5.74, 6) is -0.273. The number of amides is 2. The molecule has 6 nitrogen and oxygen atoms in total. The molecule has 1 unspecified atom stereocenters. The maximum atomic E-state index is 12.6. The van der Waals surface area contributed by atoms with Crippen LogP contribution in [0.4, 0.5) is 10.5 Å². The van der Waals surface area contributed by atoms with Crippen LogP contribution in [0.5, 0.6) is 0 Å². The first-order valence-corrected chi connectivity index (χ1v) is 9.70. The predicted molar refractivity (Wildman–Crippen MR) is 102 cm³/mol. The van der Waals surface area contributed by atoms with Crippen LogP contribution in [0.15, 0.2) is 29.6 Å². The molecule has 138 valence electrons. The van der Waals surface area contributed by atoms with Crippen molar-refractivity contribution in [3.05, 3.63) is 34.7 Å². The summed E-state index contributed by atoms with van der Waals surface area (Å²) < 4.78 is 5.03. The molecule has 1 atom stereocenters. The van der Waals surface area contributed by atoms with E-state index in [1.54, 1.807) is 23.2 Å². The highest BCUT2D eigenvalue weighted by molar-refractivity contribution is 7.09. The van der Waals surface area contributed by atoms with Crippen molar-refractivity contribution < 1.29 is 14.3 Å². The average Bonchev–Trinajstić information content (AvgIpc) is 3.09. The van der Waals surface area contributed by atoms with Crippen LogP contribution in [0.3, 0.4) is 0 Å². The quantitative estimate of drug-likeness (QED) is 0.881. The number of nitrogens with one attached hydrogen (secondary N) is 1. The fourth-order valence-electron chi connectivity index (χ4n) is 3.04. The Morgan fingerprint density at radius 2 is 2.12 bits per heavy atom. The van der Waals surface area contributed by atoms with Gasteiger partial charge in [-0.3, -0.25) is 4.79 Å². The average molecular weight is 373 g/mol. The van der Waals surface area contributed by atoms with Crippen molar-refractivity contribution in [1.29, 1.82) is 0 Å². The zero-order valence-corrected chi connectivity index (χ0v) is 15.8. The molecular weight excluding hydrogens is 350 g/mol. The van der Waals surface area contributed by atoms with Gasteiger partial charge in [0.2, 0.25) is 5.91 Å². The number of carbonyl (C=O) groups excluding carboxylic acids is 2. The summed E-state index contributed by atoms with van der Waals surface area (Å²) in [5.41, 5.74) is 2.72. The molecule has 2 amide bonds. The number of ether oxygens (including phenoxy) is 1. The molecule has 7 heteroatoms. The van der Waals surface area contributed by atoms with Crippen molar-refractivity contribution in [1.82, 2.24) is 9.88 Å². The number of aryl methyl sites for hydroxylation is 1. The van der Waals surface area contributed by atoms with Crippen molar-refractivity contribution in [2.75, 3.05) is 25.0 Å². The number of likely N-dealkylation sites (tertiary alicyclic amines) is 1. The van der Waals surface area contributed by atoms with Crippen molar-refractivity contribution in [2.24, 2.45) is 5.92 Å². The first-order chi connectivity index (χ1) is 12.6. The van der Waals surface area contributed by atoms with Crippen LogP contribution >= 0.6 is 11.3 Å². The third-order valence-electron chi connectivity index (χ3n) is 4.39. The third-order valence-corrected chi connectivity index (χ3v) is 5.16. The Morgan fingerprint density at radius 3 is 2.77 bits per heavy atom. The Morgan fingerprint density at radius 1 is 1.35 bits per heavy atom. The van der Waals surface area contributed by atoms with Crippen LogP contribution in [0.25, 0.3) is 11.3 Å². The van der Waals surface area contributed by atoms with Gasteiger partial charge in [0.25, 0.3) is 0 Å². The zero-order chi connectivity index (χ0) is 18.5. The molecule has 0 saturated carbocycles. The summed E-state index contributed by atoms with van der Waals surface area (Å²) in [6.07, 6.45) is 1.24. The van der Waals surface area contributed by atoms with Crippen molar-refractivity contribution in [3.8, 4) is 11.3 Å². The fraction of sp³-hybridized carbons (Fsp3) is 0.421. The lowest BCUT2D eigenvalue weighted by Gasteiger charge is -2.31. The van der Waals surface area contributed by atoms with E-state index in [-0.39, 0.29) is 17.9 Å². The molecule has 0 aliphatic carbocycles. The number of hydrogen-bond acceptors (Lipinski definition) is 5. The van der Waals surface area contributed by atoms with Gasteiger partial charge in [0, 0.05) is 29.7 Å². The van der Waals surface area contributed by atoms with Gasteiger partial charge >= 0.3 is 6.09 Å². The van der Waals surface area contributed by atoms with Crippen molar-refractivity contribution >= 4 is 29.0 Å². The molecule has 26 heavy (non-hydrogen) atoms. The molecule has 1 aromatic carbocycles. The molecule has 0 radical (unpaired) electrons. The molecule has 1 saturated heterocycles. The second-order valence-corrected chi connectivity index (χ2v) is 7.36. The number of hydrogen-bond donors (Lipinski definition) is 1. The minimum absolute atomic E-state index is 0.0590. The maximum Gasteiger partial charge on any atom is 0.409 e. The van der Waals surface area contributed by atoms with Crippen molar-refractivity contribution in [3.63, 3.8) is 0 Å². The summed E-state index contributed by atoms with van der Waals surface area (Å²) in [7, 11) is 0. The highest BCUT2D eigenvalue weighted by Crippen LogP contribution is 2.24. The fourth-order valence-corrected chi connectivity index (χ4v) is 3.66. The lowest BCUT2D eigenvalue weighted by Crippen LogP contribution is -2.44. The summed E-state index contributed by atoms with van der Waals surface area (Å²) in [5, 5.41) is 6.00. The van der Waals surface area contributed by atoms with Crippen LogP contribution in [-0.2, 0) is 9.53 Å². The molecule has 2 aromatic rings. The van der Waals surface area contributed by atoms with E-state index in [0.29, 0.717) is 19.7 Å². The lowest BCUT2D eigenvalue weighted by molar-refractivity contribution is -0.121. The van der Waals surface area contributed by atoms with E-state index in [9.17, 15) is 9.59 Å². The maximum absolute atomic E-state index is 12.6. The van der Waals surface area contributed by atoms with Gasteiger partial charge in [-0.05, 0) is 38.8 Å². The first kappa shape index (κ1) is 18.4. The molecular formula is C19H23N3O3S. The van der Waals surface area contributed by atoms with Gasteiger partial charge in [-0.2, -0.15) is 0 Å². The van der Waals surface area contributed by atoms with Crippen LogP contribution in [0.2, 0.25) is 0 Å². The van der Waals surface area contributed by atoms with E-state index in [2.05, 4.69) is 10.3 Å². The molecule has 1 aromatic heterocycles. The summed E-state index contributed by atoms with van der Waals surface area (Å²) in [4.78, 5) is 30.5. The summed E-state index contributed by atoms with van der Waals surface area (Å²) in [6.45, 7) is 5.15. The Kier molecular flexibility index (Phi) is 5.88. The van der Waals surface area contributed by atoms with Gasteiger partial charge in [0.1, 0.15) is 0 Å². The van der Waals surface area contributed by atoms with Gasteiger partial charge in [-0.1, -0.05) is 12.1 Å². The van der Waals surface area contributed by atoms with E-state index in [0.717, 1.165) is 34.8 Å². The highest BCUT2D eigenvalue weighted by atomic mass is 32.1. The monoisotopic (exact) mass is 373 g/mol. The second-order valence-electron chi connectivity index (χ2n) is 6.30. The smallest absolute Gasteiger partial charge is 0.409 e. The minimum atomic E-state index is -0.340. The molecule has 2 heterocycles. The van der Waals surface area contributed by atoms with Crippen LogP contribution in [0.1, 0.15) is 24.8 Å². The van der Waals surface area contributed by atoms with Gasteiger partial charge < -0.3 is 15.0 Å². The largest absolute Gasteiger partial charge is 0.450 e. The number of thiazole rings is 1. The number of rotatable bonds is 4. The van der Waals surface area contributed by atoms with Gasteiger partial charge in [0.05, 0.1) is 23.2 Å². The van der Waals surface area contributed by atoms with E-state index < -0.39 is 0 Å². The highest BCUT2D eigenvalue weighted by Gasteiger charge is 2.29. The molecule has 0 bridgehead atoms. The zero-order valence-electron chi connectivity index (χ0n) is 15.0. The molecule has 1 N–H and O–H groups in total. The minimum Gasteiger partial charge on any atom is -0.450 e. The van der Waals surface area contributed by atoms with E-state index in [4.69, 9.17) is 4.74 Å². The first-order valence-electron chi connectivity index (χ1n) is 8.82. The van der Waals surface area contributed by atoms with E-state index in [1.807, 2.05) is 36.6 Å². The lowest BCUT2D eigenvalue weighted by atomic mass is 9.97. The topological polar surface area (TPSA) is 71.5 Å². The molecule has 1 fully saturated rings. The predicted octanol–water partition coefficient (Wildman–Crippen LogP) is 3.93. The number of piperidine rings is 1. The SMILES string of the molecule is CCOC(=O)N1CCCC(C(=O)Nc2ccc(-c3csc(C)n3)cc2)C1.